The molecule has 0 aliphatic carbocycles. The average Bonchev–Trinajstić information content (AvgIpc) is 3.15. The number of hydrogen-bond donors (Lipinski definition) is 0. The zero-order chi connectivity index (χ0) is 20.4. The fourth-order valence-electron chi connectivity index (χ4n) is 3.46. The van der Waals surface area contributed by atoms with Gasteiger partial charge in [0.05, 0.1) is 18.5 Å². The van der Waals surface area contributed by atoms with Crippen molar-refractivity contribution in [3.05, 3.63) is 64.9 Å². The molecule has 1 amide bonds. The van der Waals surface area contributed by atoms with Crippen molar-refractivity contribution < 1.29 is 9.53 Å². The third-order valence-corrected chi connectivity index (χ3v) is 5.42. The summed E-state index contributed by atoms with van der Waals surface area (Å²) in [5.41, 5.74) is 3.05. The second-order valence-electron chi connectivity index (χ2n) is 6.89. The quantitative estimate of drug-likeness (QED) is 0.659. The Morgan fingerprint density at radius 2 is 1.59 bits per heavy atom. The summed E-state index contributed by atoms with van der Waals surface area (Å²) in [4.78, 5) is 17.1. The lowest BCUT2D eigenvalue weighted by Crippen LogP contribution is -2.49. The van der Waals surface area contributed by atoms with Crippen LogP contribution in [0, 0.1) is 6.92 Å². The van der Waals surface area contributed by atoms with E-state index >= 15 is 0 Å². The molecule has 4 rings (SSSR count). The molecule has 8 heteroatoms. The Balaban J connectivity index is 1.44. The van der Waals surface area contributed by atoms with Crippen LogP contribution in [-0.4, -0.2) is 59.1 Å². The van der Waals surface area contributed by atoms with Gasteiger partial charge in [-0.15, -0.1) is 5.10 Å². The van der Waals surface area contributed by atoms with E-state index in [0.29, 0.717) is 23.8 Å². The first-order chi connectivity index (χ1) is 14.1. The van der Waals surface area contributed by atoms with Crippen molar-refractivity contribution in [1.82, 2.24) is 19.9 Å². The summed E-state index contributed by atoms with van der Waals surface area (Å²) in [5.74, 6) is 0.749. The Morgan fingerprint density at radius 3 is 2.21 bits per heavy atom. The second kappa shape index (κ2) is 8.13. The maximum absolute atomic E-state index is 13.0. The monoisotopic (exact) mass is 411 g/mol. The topological polar surface area (TPSA) is 63.5 Å². The van der Waals surface area contributed by atoms with E-state index in [0.717, 1.165) is 35.9 Å². The summed E-state index contributed by atoms with van der Waals surface area (Å²) in [6.07, 6.45) is 0. The number of aromatic nitrogens is 3. The number of piperazine rings is 1. The number of ether oxygens (including phenoxy) is 1. The number of carbonyl (C=O) groups excluding carboxylic acids is 1. The van der Waals surface area contributed by atoms with E-state index in [1.807, 2.05) is 48.2 Å². The highest BCUT2D eigenvalue weighted by molar-refractivity contribution is 6.30. The van der Waals surface area contributed by atoms with E-state index in [2.05, 4.69) is 15.2 Å². The molecule has 2 heterocycles. The van der Waals surface area contributed by atoms with Crippen molar-refractivity contribution in [1.29, 1.82) is 0 Å². The minimum Gasteiger partial charge on any atom is -0.497 e. The lowest BCUT2D eigenvalue weighted by atomic mass is 10.2. The number of anilines is 1. The lowest BCUT2D eigenvalue weighted by Gasteiger charge is -2.35. The molecule has 1 saturated heterocycles. The van der Waals surface area contributed by atoms with Gasteiger partial charge in [-0.1, -0.05) is 16.8 Å². The number of benzene rings is 2. The molecule has 3 aromatic rings. The minimum absolute atomic E-state index is 0.0860. The molecule has 2 aromatic carbocycles. The Kier molecular flexibility index (Phi) is 5.40. The zero-order valence-electron chi connectivity index (χ0n) is 16.4. The molecule has 29 heavy (non-hydrogen) atoms. The zero-order valence-corrected chi connectivity index (χ0v) is 17.1. The van der Waals surface area contributed by atoms with Crippen LogP contribution in [0.5, 0.6) is 5.75 Å². The number of hydrogen-bond acceptors (Lipinski definition) is 5. The van der Waals surface area contributed by atoms with Gasteiger partial charge in [0.2, 0.25) is 0 Å². The molecule has 1 aromatic heterocycles. The van der Waals surface area contributed by atoms with E-state index in [1.54, 1.807) is 23.9 Å². The Bertz CT molecular complexity index is 993. The van der Waals surface area contributed by atoms with Crippen LogP contribution < -0.4 is 9.64 Å². The van der Waals surface area contributed by atoms with Crippen LogP contribution in [0.2, 0.25) is 5.02 Å². The van der Waals surface area contributed by atoms with E-state index in [4.69, 9.17) is 16.3 Å². The van der Waals surface area contributed by atoms with E-state index < -0.39 is 0 Å². The van der Waals surface area contributed by atoms with Gasteiger partial charge in [0.25, 0.3) is 5.91 Å². The van der Waals surface area contributed by atoms with Gasteiger partial charge in [0, 0.05) is 36.9 Å². The standard InChI is InChI=1S/C21H22ClN5O2/c1-15-20(23-24-27(15)18-5-3-16(22)4-6-18)21(28)26-13-11-25(12-14-26)17-7-9-19(29-2)10-8-17/h3-10H,11-14H2,1-2H3. The summed E-state index contributed by atoms with van der Waals surface area (Å²) in [5, 5.41) is 8.96. The Morgan fingerprint density at radius 1 is 0.966 bits per heavy atom. The summed E-state index contributed by atoms with van der Waals surface area (Å²) in [6, 6.07) is 15.3. The van der Waals surface area contributed by atoms with E-state index in [1.165, 1.54) is 0 Å². The van der Waals surface area contributed by atoms with E-state index in [-0.39, 0.29) is 5.91 Å². The Labute approximate surface area is 174 Å². The summed E-state index contributed by atoms with van der Waals surface area (Å²) in [6.45, 7) is 4.66. The highest BCUT2D eigenvalue weighted by atomic mass is 35.5. The van der Waals surface area contributed by atoms with Crippen molar-refractivity contribution in [2.45, 2.75) is 6.92 Å². The predicted molar refractivity (Wildman–Crippen MR) is 112 cm³/mol. The molecule has 0 spiro atoms. The molecule has 1 aliphatic heterocycles. The normalized spacial score (nSPS) is 14.2. The highest BCUT2D eigenvalue weighted by Crippen LogP contribution is 2.22. The molecule has 0 saturated carbocycles. The molecular weight excluding hydrogens is 390 g/mol. The summed E-state index contributed by atoms with van der Waals surface area (Å²) in [7, 11) is 1.66. The summed E-state index contributed by atoms with van der Waals surface area (Å²) < 4.78 is 6.88. The third-order valence-electron chi connectivity index (χ3n) is 5.17. The van der Waals surface area contributed by atoms with Gasteiger partial charge in [0.15, 0.2) is 5.69 Å². The van der Waals surface area contributed by atoms with Gasteiger partial charge in [0.1, 0.15) is 5.75 Å². The van der Waals surface area contributed by atoms with Gasteiger partial charge >= 0.3 is 0 Å². The smallest absolute Gasteiger partial charge is 0.276 e. The van der Waals surface area contributed by atoms with Crippen LogP contribution in [0.15, 0.2) is 48.5 Å². The first kappa shape index (κ1) is 19.3. The predicted octanol–water partition coefficient (Wildman–Crippen LogP) is 3.20. The van der Waals surface area contributed by atoms with Crippen LogP contribution in [0.4, 0.5) is 5.69 Å². The van der Waals surface area contributed by atoms with Crippen molar-refractivity contribution in [2.24, 2.45) is 0 Å². The Hall–Kier alpha value is -3.06. The van der Waals surface area contributed by atoms with Crippen LogP contribution in [-0.2, 0) is 0 Å². The number of nitrogens with zero attached hydrogens (tertiary/aromatic N) is 5. The van der Waals surface area contributed by atoms with Crippen molar-refractivity contribution in [2.75, 3.05) is 38.2 Å². The molecule has 0 atom stereocenters. The SMILES string of the molecule is COc1ccc(N2CCN(C(=O)c3nnn(-c4ccc(Cl)cc4)c3C)CC2)cc1. The number of amides is 1. The van der Waals surface area contributed by atoms with Gasteiger partial charge in [-0.05, 0) is 55.5 Å². The van der Waals surface area contributed by atoms with Crippen LogP contribution >= 0.6 is 11.6 Å². The maximum atomic E-state index is 13.0. The average molecular weight is 412 g/mol. The molecule has 0 bridgehead atoms. The van der Waals surface area contributed by atoms with Crippen LogP contribution in [0.3, 0.4) is 0 Å². The van der Waals surface area contributed by atoms with Crippen molar-refractivity contribution >= 4 is 23.2 Å². The molecule has 150 valence electrons. The fourth-order valence-corrected chi connectivity index (χ4v) is 3.59. The number of halogens is 1. The molecule has 0 N–H and O–H groups in total. The van der Waals surface area contributed by atoms with E-state index in [9.17, 15) is 4.79 Å². The van der Waals surface area contributed by atoms with Gasteiger partial charge in [-0.2, -0.15) is 0 Å². The number of carbonyl (C=O) groups is 1. The number of rotatable bonds is 4. The van der Waals surface area contributed by atoms with Crippen LogP contribution in [0.1, 0.15) is 16.2 Å². The molecule has 0 radical (unpaired) electrons. The first-order valence-electron chi connectivity index (χ1n) is 9.43. The summed E-state index contributed by atoms with van der Waals surface area (Å²) >= 11 is 5.95. The fraction of sp³-hybridized carbons (Fsp3) is 0.286. The van der Waals surface area contributed by atoms with Crippen LogP contribution in [0.25, 0.3) is 5.69 Å². The van der Waals surface area contributed by atoms with Crippen molar-refractivity contribution in [3.8, 4) is 11.4 Å². The third kappa shape index (κ3) is 3.91. The molecular formula is C21H22ClN5O2. The minimum atomic E-state index is -0.0860. The number of methoxy groups -OCH3 is 1. The second-order valence-corrected chi connectivity index (χ2v) is 7.33. The largest absolute Gasteiger partial charge is 0.497 e. The van der Waals surface area contributed by atoms with Crippen molar-refractivity contribution in [3.63, 3.8) is 0 Å². The first-order valence-corrected chi connectivity index (χ1v) is 9.81. The lowest BCUT2D eigenvalue weighted by molar-refractivity contribution is 0.0740. The molecule has 7 nitrogen and oxygen atoms in total. The van der Waals surface area contributed by atoms with Gasteiger partial charge < -0.3 is 14.5 Å². The maximum Gasteiger partial charge on any atom is 0.276 e. The van der Waals surface area contributed by atoms with Gasteiger partial charge in [-0.3, -0.25) is 4.79 Å². The molecule has 0 unspecified atom stereocenters. The van der Waals surface area contributed by atoms with Gasteiger partial charge in [-0.25, -0.2) is 4.68 Å². The highest BCUT2D eigenvalue weighted by Gasteiger charge is 2.26. The molecule has 1 fully saturated rings. The molecule has 1 aliphatic rings.